The molecule has 0 spiro atoms. The molecular weight excluding hydrogens is 426 g/mol. The predicted molar refractivity (Wildman–Crippen MR) is 144 cm³/mol. The van der Waals surface area contributed by atoms with Crippen molar-refractivity contribution in [3.8, 4) is 0 Å². The second-order valence-electron chi connectivity index (χ2n) is 8.16. The molecule has 33 heavy (non-hydrogen) atoms. The summed E-state index contributed by atoms with van der Waals surface area (Å²) in [4.78, 5) is 2.12. The first-order valence-electron chi connectivity index (χ1n) is 11.5. The van der Waals surface area contributed by atoms with Crippen molar-refractivity contribution in [1.29, 1.82) is 0 Å². The van der Waals surface area contributed by atoms with Gasteiger partial charge >= 0.3 is 0 Å². The van der Waals surface area contributed by atoms with Crippen molar-refractivity contribution in [1.82, 2.24) is 4.90 Å². The van der Waals surface area contributed by atoms with Crippen LogP contribution in [0.2, 0.25) is 0 Å². The molecule has 174 valence electrons. The van der Waals surface area contributed by atoms with Crippen molar-refractivity contribution >= 4 is 11.6 Å². The number of nitrogens with zero attached hydrogens (tertiary/aromatic N) is 1. The maximum Gasteiger partial charge on any atom is 0.0946 e. The minimum atomic E-state index is 0.133. The first-order valence-corrected chi connectivity index (χ1v) is 11.8. The highest BCUT2D eigenvalue weighted by atomic mass is 35.5. The van der Waals surface area contributed by atoms with Gasteiger partial charge in [0.05, 0.1) is 12.9 Å². The summed E-state index contributed by atoms with van der Waals surface area (Å²) in [6, 6.07) is 0. The second kappa shape index (κ2) is 14.2. The molecule has 1 aliphatic carbocycles. The molecule has 1 heterocycles. The maximum absolute atomic E-state index is 6.56. The molecule has 0 saturated heterocycles. The van der Waals surface area contributed by atoms with E-state index in [0.717, 1.165) is 34.8 Å². The molecule has 2 atom stereocenters. The number of allylic oxidation sites excluding steroid dienone is 15. The zero-order valence-corrected chi connectivity index (χ0v) is 20.8. The Labute approximate surface area is 205 Å². The Bertz CT molecular complexity index is 961. The monoisotopic (exact) mass is 461 g/mol. The Balaban J connectivity index is 2.37. The average molecular weight is 462 g/mol. The summed E-state index contributed by atoms with van der Waals surface area (Å²) in [6.07, 6.45) is 32.3. The second-order valence-corrected chi connectivity index (χ2v) is 8.60. The van der Waals surface area contributed by atoms with Crippen LogP contribution in [-0.2, 0) is 4.74 Å². The van der Waals surface area contributed by atoms with Gasteiger partial charge in [0, 0.05) is 34.5 Å². The largest absolute Gasteiger partial charge is 0.500 e. The van der Waals surface area contributed by atoms with Gasteiger partial charge in [-0.2, -0.15) is 0 Å². The van der Waals surface area contributed by atoms with Gasteiger partial charge in [-0.05, 0) is 50.5 Å². The summed E-state index contributed by atoms with van der Waals surface area (Å²) in [5, 5.41) is 0.718. The average Bonchev–Trinajstić information content (AvgIpc) is 2.77. The highest BCUT2D eigenvalue weighted by Crippen LogP contribution is 2.42. The summed E-state index contributed by atoms with van der Waals surface area (Å²) < 4.78 is 5.78. The number of hydrogen-bond acceptors (Lipinski definition) is 2. The molecule has 0 aromatic rings. The first-order chi connectivity index (χ1) is 16.0. The van der Waals surface area contributed by atoms with Crippen LogP contribution >= 0.6 is 11.6 Å². The van der Waals surface area contributed by atoms with Crippen LogP contribution in [0.15, 0.2) is 132 Å². The smallest absolute Gasteiger partial charge is 0.0946 e. The van der Waals surface area contributed by atoms with E-state index in [4.69, 9.17) is 16.3 Å². The normalized spacial score (nSPS) is 20.7. The van der Waals surface area contributed by atoms with Gasteiger partial charge in [-0.3, -0.25) is 0 Å². The van der Waals surface area contributed by atoms with Crippen molar-refractivity contribution in [2.75, 3.05) is 6.61 Å². The van der Waals surface area contributed by atoms with E-state index in [1.807, 2.05) is 36.8 Å². The van der Waals surface area contributed by atoms with Crippen LogP contribution in [0.3, 0.4) is 0 Å². The van der Waals surface area contributed by atoms with E-state index < -0.39 is 0 Å². The molecule has 0 bridgehead atoms. The number of rotatable bonds is 11. The summed E-state index contributed by atoms with van der Waals surface area (Å²) in [5.74, 6) is 0.297. The van der Waals surface area contributed by atoms with E-state index in [9.17, 15) is 0 Å². The van der Waals surface area contributed by atoms with Gasteiger partial charge in [-0.1, -0.05) is 98.0 Å². The minimum absolute atomic E-state index is 0.133. The van der Waals surface area contributed by atoms with E-state index in [0.29, 0.717) is 6.61 Å². The molecular formula is C30H36ClNO. The third-order valence-corrected chi connectivity index (χ3v) is 5.35. The Morgan fingerprint density at radius 2 is 1.94 bits per heavy atom. The number of halogens is 1. The Kier molecular flexibility index (Phi) is 11.3. The van der Waals surface area contributed by atoms with Gasteiger partial charge in [0.25, 0.3) is 0 Å². The molecule has 2 aliphatic rings. The molecule has 0 aromatic carbocycles. The fraction of sp³-hybridized carbons (Fsp3) is 0.267. The zero-order valence-electron chi connectivity index (χ0n) is 20.1. The number of ether oxygens (including phenoxy) is 1. The predicted octanol–water partition coefficient (Wildman–Crippen LogP) is 8.66. The third kappa shape index (κ3) is 8.47. The van der Waals surface area contributed by atoms with Crippen molar-refractivity contribution in [2.45, 2.75) is 33.6 Å². The van der Waals surface area contributed by atoms with E-state index in [-0.39, 0.29) is 11.8 Å². The maximum atomic E-state index is 6.56. The van der Waals surface area contributed by atoms with E-state index >= 15 is 0 Å². The quantitative estimate of drug-likeness (QED) is 0.285. The van der Waals surface area contributed by atoms with Crippen LogP contribution in [0.4, 0.5) is 0 Å². The lowest BCUT2D eigenvalue weighted by molar-refractivity contribution is 0.165. The minimum Gasteiger partial charge on any atom is -0.500 e. The van der Waals surface area contributed by atoms with Gasteiger partial charge in [0.2, 0.25) is 0 Å². The van der Waals surface area contributed by atoms with Gasteiger partial charge in [0.15, 0.2) is 0 Å². The van der Waals surface area contributed by atoms with Crippen molar-refractivity contribution in [3.05, 3.63) is 132 Å². The van der Waals surface area contributed by atoms with Crippen molar-refractivity contribution in [3.63, 3.8) is 0 Å². The summed E-state index contributed by atoms with van der Waals surface area (Å²) in [5.41, 5.74) is 4.32. The van der Waals surface area contributed by atoms with E-state index in [2.05, 4.69) is 87.4 Å². The van der Waals surface area contributed by atoms with Crippen LogP contribution in [0, 0.1) is 11.8 Å². The number of fused-ring (bicyclic) bond motifs is 1. The fourth-order valence-electron chi connectivity index (χ4n) is 3.73. The molecule has 2 rings (SSSR count). The highest BCUT2D eigenvalue weighted by molar-refractivity contribution is 6.31. The summed E-state index contributed by atoms with van der Waals surface area (Å²) >= 11 is 6.56. The summed E-state index contributed by atoms with van der Waals surface area (Å²) in [7, 11) is 0. The highest BCUT2D eigenvalue weighted by Gasteiger charge is 2.35. The van der Waals surface area contributed by atoms with Crippen LogP contribution in [0.25, 0.3) is 0 Å². The van der Waals surface area contributed by atoms with Crippen LogP contribution in [0.1, 0.15) is 33.6 Å². The van der Waals surface area contributed by atoms with Crippen molar-refractivity contribution < 1.29 is 4.74 Å². The van der Waals surface area contributed by atoms with Gasteiger partial charge < -0.3 is 9.64 Å². The van der Waals surface area contributed by atoms with Crippen molar-refractivity contribution in [2.24, 2.45) is 11.8 Å². The number of hydrogen-bond donors (Lipinski definition) is 0. The van der Waals surface area contributed by atoms with Gasteiger partial charge in [0.1, 0.15) is 0 Å². The standard InChI is InChI=1S/C30H36ClNO/c1-6-8-10-12-13-14-15-17-25(5)32(18-16-11-9-7-2)29-21-28(31)20-27-23-33-22-26(30(27)29)19-24(3)4/h7-13,15-22,27,30H,2,5-6,14,23H2,1,3-4H3/b10-8-,11-9-,13-12+,17-15-,18-16+/t27-,30?/m1/s1. The molecule has 2 nitrogen and oxygen atoms in total. The van der Waals surface area contributed by atoms with Gasteiger partial charge in [-0.15, -0.1) is 0 Å². The molecule has 0 N–H and O–H groups in total. The Morgan fingerprint density at radius 3 is 2.67 bits per heavy atom. The van der Waals surface area contributed by atoms with Crippen LogP contribution in [-0.4, -0.2) is 11.5 Å². The lowest BCUT2D eigenvalue weighted by Crippen LogP contribution is -2.33. The lowest BCUT2D eigenvalue weighted by atomic mass is 9.78. The molecule has 0 fully saturated rings. The molecule has 1 aliphatic heterocycles. The molecule has 3 heteroatoms. The first kappa shape index (κ1) is 26.3. The fourth-order valence-corrected chi connectivity index (χ4v) is 4.00. The zero-order chi connectivity index (χ0) is 24.1. The van der Waals surface area contributed by atoms with E-state index in [1.165, 1.54) is 5.57 Å². The SMILES string of the molecule is C=C/C=C\C=C\N(C(=C)/C=C\C/C=C/C=C\CC)C1=CC(Cl)=C[C@@H]2COC=C(C=C(C)C)C12. The van der Waals surface area contributed by atoms with Crippen LogP contribution < -0.4 is 0 Å². The van der Waals surface area contributed by atoms with E-state index in [1.54, 1.807) is 6.08 Å². The molecule has 0 saturated carbocycles. The molecule has 1 unspecified atom stereocenters. The van der Waals surface area contributed by atoms with Gasteiger partial charge in [-0.25, -0.2) is 0 Å². The summed E-state index contributed by atoms with van der Waals surface area (Å²) in [6.45, 7) is 15.0. The van der Waals surface area contributed by atoms with Crippen LogP contribution in [0.5, 0.6) is 0 Å². The Hall–Kier alpha value is -2.97. The molecule has 0 aromatic heterocycles. The third-order valence-electron chi connectivity index (χ3n) is 5.11. The topological polar surface area (TPSA) is 12.5 Å². The molecule has 0 amide bonds. The molecule has 0 radical (unpaired) electrons. The Morgan fingerprint density at radius 1 is 1.15 bits per heavy atom. The lowest BCUT2D eigenvalue weighted by Gasteiger charge is -2.39.